The van der Waals surface area contributed by atoms with Gasteiger partial charge in [-0.05, 0) is 31.3 Å². The van der Waals surface area contributed by atoms with Crippen molar-refractivity contribution in [3.63, 3.8) is 0 Å². The molecule has 1 amide bonds. The number of aromatic amines is 1. The molecule has 9 heteroatoms. The molecular weight excluding hydrogens is 424 g/mol. The standard InChI is InChI=1S/C23H24N6O2S/c1-17-6-8-18(9-7-17)22-26-27-23(32)29(22)12-10-21(30)25-19-4-2-3-5-20(19)31-15-14-28-13-11-24-16-28/h2-9,11,13,16H,10,12,14-15H2,1H3,(H,25,30)(H,27,32). The zero-order valence-corrected chi connectivity index (χ0v) is 18.5. The van der Waals surface area contributed by atoms with Crippen LogP contribution in [0.3, 0.4) is 0 Å². The Bertz CT molecular complexity index is 1230. The maximum absolute atomic E-state index is 12.7. The molecule has 0 unspecified atom stereocenters. The van der Waals surface area contributed by atoms with Gasteiger partial charge in [0.05, 0.1) is 18.6 Å². The number of nitrogens with one attached hydrogen (secondary N) is 2. The SMILES string of the molecule is Cc1ccc(-c2n[nH]c(=S)n2CCC(=O)Nc2ccccc2OCCn2ccnc2)cc1. The number of aromatic nitrogens is 5. The number of hydrogen-bond acceptors (Lipinski definition) is 5. The molecule has 0 radical (unpaired) electrons. The molecule has 2 aromatic heterocycles. The summed E-state index contributed by atoms with van der Waals surface area (Å²) in [6, 6.07) is 15.4. The Kier molecular flexibility index (Phi) is 6.76. The Labute approximate surface area is 190 Å². The third kappa shape index (κ3) is 5.30. The molecule has 0 aliphatic heterocycles. The van der Waals surface area contributed by atoms with Crippen molar-refractivity contribution in [2.24, 2.45) is 0 Å². The number of carbonyl (C=O) groups is 1. The molecule has 0 spiro atoms. The van der Waals surface area contributed by atoms with E-state index >= 15 is 0 Å². The van der Waals surface area contributed by atoms with Crippen molar-refractivity contribution in [3.05, 3.63) is 77.6 Å². The number of hydrogen-bond donors (Lipinski definition) is 2. The lowest BCUT2D eigenvalue weighted by atomic mass is 10.1. The number of para-hydroxylation sites is 2. The molecule has 2 N–H and O–H groups in total. The first-order valence-corrected chi connectivity index (χ1v) is 10.7. The van der Waals surface area contributed by atoms with Crippen molar-refractivity contribution >= 4 is 23.8 Å². The predicted molar refractivity (Wildman–Crippen MR) is 125 cm³/mol. The molecule has 0 aliphatic rings. The highest BCUT2D eigenvalue weighted by Crippen LogP contribution is 2.24. The van der Waals surface area contributed by atoms with E-state index in [4.69, 9.17) is 17.0 Å². The summed E-state index contributed by atoms with van der Waals surface area (Å²) < 4.78 is 10.1. The van der Waals surface area contributed by atoms with Crippen molar-refractivity contribution in [1.29, 1.82) is 0 Å². The van der Waals surface area contributed by atoms with E-state index < -0.39 is 0 Å². The molecule has 0 saturated carbocycles. The number of rotatable bonds is 9. The van der Waals surface area contributed by atoms with Crippen LogP contribution in [0, 0.1) is 11.7 Å². The van der Waals surface area contributed by atoms with Crippen molar-refractivity contribution in [2.75, 3.05) is 11.9 Å². The summed E-state index contributed by atoms with van der Waals surface area (Å²) in [5.74, 6) is 1.21. The molecule has 2 heterocycles. The topological polar surface area (TPSA) is 89.8 Å². The van der Waals surface area contributed by atoms with Gasteiger partial charge in [-0.3, -0.25) is 14.5 Å². The molecule has 4 rings (SSSR count). The van der Waals surface area contributed by atoms with Gasteiger partial charge in [-0.15, -0.1) is 0 Å². The lowest BCUT2D eigenvalue weighted by Gasteiger charge is -2.13. The van der Waals surface area contributed by atoms with E-state index in [1.54, 1.807) is 12.5 Å². The highest BCUT2D eigenvalue weighted by atomic mass is 32.1. The van der Waals surface area contributed by atoms with Gasteiger partial charge in [0, 0.05) is 30.9 Å². The summed E-state index contributed by atoms with van der Waals surface area (Å²) in [7, 11) is 0. The average Bonchev–Trinajstić information content (AvgIpc) is 3.44. The second-order valence-electron chi connectivity index (χ2n) is 7.31. The van der Waals surface area contributed by atoms with Crippen molar-refractivity contribution < 1.29 is 9.53 Å². The largest absolute Gasteiger partial charge is 0.490 e. The Morgan fingerprint density at radius 1 is 1.16 bits per heavy atom. The molecule has 0 aliphatic carbocycles. The number of aryl methyl sites for hydroxylation is 1. The van der Waals surface area contributed by atoms with Crippen LogP contribution < -0.4 is 10.1 Å². The lowest BCUT2D eigenvalue weighted by Crippen LogP contribution is -2.16. The Hall–Kier alpha value is -3.72. The van der Waals surface area contributed by atoms with Crippen LogP contribution in [0.1, 0.15) is 12.0 Å². The van der Waals surface area contributed by atoms with Crippen LogP contribution in [0.15, 0.2) is 67.3 Å². The molecule has 0 bridgehead atoms. The summed E-state index contributed by atoms with van der Waals surface area (Å²) in [5, 5.41) is 10.1. The number of nitrogens with zero attached hydrogens (tertiary/aromatic N) is 4. The Morgan fingerprint density at radius 2 is 1.97 bits per heavy atom. The summed E-state index contributed by atoms with van der Waals surface area (Å²) >= 11 is 5.37. The van der Waals surface area contributed by atoms with Crippen LogP contribution >= 0.6 is 12.2 Å². The molecule has 8 nitrogen and oxygen atoms in total. The van der Waals surface area contributed by atoms with Crippen LogP contribution in [0.2, 0.25) is 0 Å². The van der Waals surface area contributed by atoms with Crippen LogP contribution in [-0.2, 0) is 17.9 Å². The molecule has 4 aromatic rings. The fourth-order valence-electron chi connectivity index (χ4n) is 3.25. The fourth-order valence-corrected chi connectivity index (χ4v) is 3.47. The molecule has 0 saturated heterocycles. The zero-order valence-electron chi connectivity index (χ0n) is 17.7. The average molecular weight is 449 g/mol. The minimum Gasteiger partial charge on any atom is -0.490 e. The summed E-state index contributed by atoms with van der Waals surface area (Å²) in [5.41, 5.74) is 2.75. The van der Waals surface area contributed by atoms with Gasteiger partial charge in [-0.2, -0.15) is 5.10 Å². The number of benzene rings is 2. The molecule has 2 aromatic carbocycles. The van der Waals surface area contributed by atoms with Gasteiger partial charge in [0.2, 0.25) is 5.91 Å². The van der Waals surface area contributed by atoms with E-state index in [1.807, 2.05) is 70.8 Å². The number of ether oxygens (including phenoxy) is 1. The molecule has 0 fully saturated rings. The third-order valence-electron chi connectivity index (χ3n) is 4.96. The fraction of sp³-hybridized carbons (Fsp3) is 0.217. The van der Waals surface area contributed by atoms with Gasteiger partial charge in [-0.25, -0.2) is 4.98 Å². The van der Waals surface area contributed by atoms with Crippen molar-refractivity contribution in [2.45, 2.75) is 26.4 Å². The Morgan fingerprint density at radius 3 is 2.75 bits per heavy atom. The normalized spacial score (nSPS) is 10.8. The van der Waals surface area contributed by atoms with E-state index in [0.29, 0.717) is 41.7 Å². The minimum absolute atomic E-state index is 0.131. The maximum atomic E-state index is 12.7. The van der Waals surface area contributed by atoms with E-state index in [1.165, 1.54) is 5.56 Å². The molecule has 164 valence electrons. The summed E-state index contributed by atoms with van der Waals surface area (Å²) in [6.07, 6.45) is 5.59. The highest BCUT2D eigenvalue weighted by molar-refractivity contribution is 7.71. The minimum atomic E-state index is -0.131. The number of anilines is 1. The van der Waals surface area contributed by atoms with E-state index in [2.05, 4.69) is 20.5 Å². The van der Waals surface area contributed by atoms with E-state index in [-0.39, 0.29) is 12.3 Å². The number of amides is 1. The molecule has 32 heavy (non-hydrogen) atoms. The number of imidazole rings is 1. The molecular formula is C23H24N6O2S. The summed E-state index contributed by atoms with van der Waals surface area (Å²) in [4.78, 5) is 16.7. The van der Waals surface area contributed by atoms with Gasteiger partial charge in [-0.1, -0.05) is 42.0 Å². The van der Waals surface area contributed by atoms with Crippen LogP contribution in [0.25, 0.3) is 11.4 Å². The maximum Gasteiger partial charge on any atom is 0.226 e. The van der Waals surface area contributed by atoms with Crippen molar-refractivity contribution in [3.8, 4) is 17.1 Å². The van der Waals surface area contributed by atoms with E-state index in [9.17, 15) is 4.79 Å². The Balaban J connectivity index is 1.37. The first-order chi connectivity index (χ1) is 15.6. The predicted octanol–water partition coefficient (Wildman–Crippen LogP) is 4.22. The van der Waals surface area contributed by atoms with E-state index in [0.717, 1.165) is 5.56 Å². The first kappa shape index (κ1) is 21.5. The monoisotopic (exact) mass is 448 g/mol. The summed E-state index contributed by atoms with van der Waals surface area (Å²) in [6.45, 7) is 3.58. The smallest absolute Gasteiger partial charge is 0.226 e. The van der Waals surface area contributed by atoms with Crippen molar-refractivity contribution in [1.82, 2.24) is 24.3 Å². The second kappa shape index (κ2) is 10.1. The molecule has 0 atom stereocenters. The van der Waals surface area contributed by atoms with Crippen LogP contribution in [0.4, 0.5) is 5.69 Å². The van der Waals surface area contributed by atoms with Crippen LogP contribution in [0.5, 0.6) is 5.75 Å². The van der Waals surface area contributed by atoms with Crippen LogP contribution in [-0.4, -0.2) is 36.8 Å². The third-order valence-corrected chi connectivity index (χ3v) is 5.27. The van der Waals surface area contributed by atoms with Gasteiger partial charge >= 0.3 is 0 Å². The highest BCUT2D eigenvalue weighted by Gasteiger charge is 2.12. The van der Waals surface area contributed by atoms with Gasteiger partial charge in [0.1, 0.15) is 12.4 Å². The number of H-pyrrole nitrogens is 1. The second-order valence-corrected chi connectivity index (χ2v) is 7.70. The van der Waals surface area contributed by atoms with Gasteiger partial charge in [0.15, 0.2) is 10.6 Å². The quantitative estimate of drug-likeness (QED) is 0.374. The zero-order chi connectivity index (χ0) is 22.3. The van der Waals surface area contributed by atoms with Gasteiger partial charge in [0.25, 0.3) is 0 Å². The lowest BCUT2D eigenvalue weighted by molar-refractivity contribution is -0.116. The number of carbonyl (C=O) groups excluding carboxylic acids is 1. The van der Waals surface area contributed by atoms with Gasteiger partial charge < -0.3 is 14.6 Å². The first-order valence-electron chi connectivity index (χ1n) is 10.3.